The van der Waals surface area contributed by atoms with Crippen molar-refractivity contribution in [1.29, 1.82) is 0 Å². The van der Waals surface area contributed by atoms with Gasteiger partial charge in [0.05, 0.1) is 6.04 Å². The number of H-pyrrole nitrogens is 1. The molecular weight excluding hydrogens is 258 g/mol. The number of nitrogens with zero attached hydrogens (tertiary/aromatic N) is 3. The molecule has 0 amide bonds. The minimum Gasteiger partial charge on any atom is -0.322 e. The van der Waals surface area contributed by atoms with E-state index in [4.69, 9.17) is 5.73 Å². The van der Waals surface area contributed by atoms with E-state index in [2.05, 4.69) is 36.1 Å². The highest BCUT2D eigenvalue weighted by Crippen LogP contribution is 2.15. The molecule has 0 spiro atoms. The van der Waals surface area contributed by atoms with Crippen LogP contribution in [0.25, 0.3) is 11.5 Å². The van der Waals surface area contributed by atoms with Gasteiger partial charge in [-0.15, -0.1) is 0 Å². The number of nitrogens with two attached hydrogens (primary N) is 1. The van der Waals surface area contributed by atoms with Crippen LogP contribution in [-0.4, -0.2) is 20.2 Å². The largest absolute Gasteiger partial charge is 0.322 e. The van der Waals surface area contributed by atoms with Crippen molar-refractivity contribution in [3.05, 3.63) is 28.6 Å². The van der Waals surface area contributed by atoms with Gasteiger partial charge in [-0.25, -0.2) is 4.98 Å². The SMILES string of the molecule is CC(N)c1nc(-c2ccc(Br)cn2)n[nH]1. The molecule has 1 atom stereocenters. The molecule has 5 nitrogen and oxygen atoms in total. The molecule has 0 saturated heterocycles. The smallest absolute Gasteiger partial charge is 0.199 e. The maximum atomic E-state index is 5.67. The highest BCUT2D eigenvalue weighted by Gasteiger charge is 2.09. The van der Waals surface area contributed by atoms with Crippen LogP contribution in [0.4, 0.5) is 0 Å². The van der Waals surface area contributed by atoms with Crippen molar-refractivity contribution in [2.45, 2.75) is 13.0 Å². The van der Waals surface area contributed by atoms with Crippen LogP contribution in [0.1, 0.15) is 18.8 Å². The quantitative estimate of drug-likeness (QED) is 0.867. The Bertz CT molecular complexity index is 448. The summed E-state index contributed by atoms with van der Waals surface area (Å²) in [6.07, 6.45) is 1.71. The molecule has 0 aliphatic rings. The Morgan fingerprint density at radius 2 is 2.27 bits per heavy atom. The molecule has 15 heavy (non-hydrogen) atoms. The van der Waals surface area contributed by atoms with Crippen molar-refractivity contribution in [3.63, 3.8) is 0 Å². The summed E-state index contributed by atoms with van der Waals surface area (Å²) >= 11 is 3.32. The van der Waals surface area contributed by atoms with Crippen molar-refractivity contribution in [2.75, 3.05) is 0 Å². The van der Waals surface area contributed by atoms with Crippen molar-refractivity contribution < 1.29 is 0 Å². The molecule has 0 bridgehead atoms. The predicted octanol–water partition coefficient (Wildman–Crippen LogP) is 1.65. The number of nitrogens with one attached hydrogen (secondary N) is 1. The Hall–Kier alpha value is -1.27. The number of hydrogen-bond acceptors (Lipinski definition) is 4. The lowest BCUT2D eigenvalue weighted by molar-refractivity contribution is 0.745. The van der Waals surface area contributed by atoms with Crippen molar-refractivity contribution >= 4 is 15.9 Å². The molecule has 0 fully saturated rings. The maximum absolute atomic E-state index is 5.67. The molecule has 78 valence electrons. The van der Waals surface area contributed by atoms with E-state index >= 15 is 0 Å². The number of aromatic nitrogens is 4. The average molecular weight is 268 g/mol. The third-order valence-corrected chi connectivity index (χ3v) is 2.36. The van der Waals surface area contributed by atoms with Crippen LogP contribution in [0.15, 0.2) is 22.8 Å². The second kappa shape index (κ2) is 4.08. The summed E-state index contributed by atoms with van der Waals surface area (Å²) in [5.41, 5.74) is 6.39. The van der Waals surface area contributed by atoms with Gasteiger partial charge in [-0.05, 0) is 35.0 Å². The molecule has 6 heteroatoms. The second-order valence-electron chi connectivity index (χ2n) is 3.19. The van der Waals surface area contributed by atoms with Gasteiger partial charge in [0, 0.05) is 10.7 Å². The topological polar surface area (TPSA) is 80.5 Å². The van der Waals surface area contributed by atoms with E-state index in [1.165, 1.54) is 0 Å². The Labute approximate surface area is 95.3 Å². The zero-order chi connectivity index (χ0) is 10.8. The third kappa shape index (κ3) is 2.21. The van der Waals surface area contributed by atoms with Crippen LogP contribution < -0.4 is 5.73 Å². The summed E-state index contributed by atoms with van der Waals surface area (Å²) < 4.78 is 0.925. The molecular formula is C9H10BrN5. The maximum Gasteiger partial charge on any atom is 0.199 e. The Balaban J connectivity index is 2.33. The zero-order valence-electron chi connectivity index (χ0n) is 8.11. The molecule has 2 rings (SSSR count). The van der Waals surface area contributed by atoms with E-state index in [1.54, 1.807) is 6.20 Å². The van der Waals surface area contributed by atoms with Crippen LogP contribution in [0.2, 0.25) is 0 Å². The van der Waals surface area contributed by atoms with Gasteiger partial charge in [0.25, 0.3) is 0 Å². The first kappa shape index (κ1) is 10.3. The zero-order valence-corrected chi connectivity index (χ0v) is 9.69. The predicted molar refractivity (Wildman–Crippen MR) is 59.9 cm³/mol. The number of halogens is 1. The lowest BCUT2D eigenvalue weighted by Crippen LogP contribution is -2.06. The van der Waals surface area contributed by atoms with Gasteiger partial charge in [0.15, 0.2) is 5.82 Å². The van der Waals surface area contributed by atoms with Crippen molar-refractivity contribution in [3.8, 4) is 11.5 Å². The van der Waals surface area contributed by atoms with Crippen LogP contribution in [0.3, 0.4) is 0 Å². The summed E-state index contributed by atoms with van der Waals surface area (Å²) in [5.74, 6) is 1.23. The number of hydrogen-bond donors (Lipinski definition) is 2. The fraction of sp³-hybridized carbons (Fsp3) is 0.222. The molecule has 0 radical (unpaired) electrons. The highest BCUT2D eigenvalue weighted by atomic mass is 79.9. The van der Waals surface area contributed by atoms with Crippen molar-refractivity contribution in [2.24, 2.45) is 5.73 Å². The van der Waals surface area contributed by atoms with E-state index in [9.17, 15) is 0 Å². The minimum atomic E-state index is -0.151. The van der Waals surface area contributed by atoms with Gasteiger partial charge in [-0.3, -0.25) is 10.1 Å². The molecule has 2 aromatic heterocycles. The van der Waals surface area contributed by atoms with Crippen molar-refractivity contribution in [1.82, 2.24) is 20.2 Å². The third-order valence-electron chi connectivity index (χ3n) is 1.89. The summed E-state index contributed by atoms with van der Waals surface area (Å²) in [6.45, 7) is 1.85. The Morgan fingerprint density at radius 3 is 2.80 bits per heavy atom. The molecule has 0 aromatic carbocycles. The second-order valence-corrected chi connectivity index (χ2v) is 4.11. The molecule has 3 N–H and O–H groups in total. The summed E-state index contributed by atoms with van der Waals surface area (Å²) in [7, 11) is 0. The summed E-state index contributed by atoms with van der Waals surface area (Å²) in [4.78, 5) is 8.43. The number of aromatic amines is 1. The van der Waals surface area contributed by atoms with Crippen LogP contribution >= 0.6 is 15.9 Å². The van der Waals surface area contributed by atoms with E-state index in [-0.39, 0.29) is 6.04 Å². The number of rotatable bonds is 2. The molecule has 0 saturated carbocycles. The average Bonchev–Trinajstić information content (AvgIpc) is 2.68. The van der Waals surface area contributed by atoms with Crippen LogP contribution in [0, 0.1) is 0 Å². The van der Waals surface area contributed by atoms with Gasteiger partial charge in [-0.1, -0.05) is 0 Å². The lowest BCUT2D eigenvalue weighted by atomic mass is 10.3. The Kier molecular flexibility index (Phi) is 2.79. The fourth-order valence-corrected chi connectivity index (χ4v) is 1.34. The van der Waals surface area contributed by atoms with E-state index in [0.29, 0.717) is 11.6 Å². The van der Waals surface area contributed by atoms with Crippen LogP contribution in [-0.2, 0) is 0 Å². The molecule has 0 aliphatic heterocycles. The number of pyridine rings is 1. The monoisotopic (exact) mass is 267 g/mol. The first-order valence-electron chi connectivity index (χ1n) is 4.46. The van der Waals surface area contributed by atoms with Gasteiger partial charge < -0.3 is 5.73 Å². The lowest BCUT2D eigenvalue weighted by Gasteiger charge is -1.96. The van der Waals surface area contributed by atoms with E-state index < -0.39 is 0 Å². The van der Waals surface area contributed by atoms with E-state index in [1.807, 2.05) is 19.1 Å². The highest BCUT2D eigenvalue weighted by molar-refractivity contribution is 9.10. The molecule has 1 unspecified atom stereocenters. The molecule has 0 aliphatic carbocycles. The first-order valence-corrected chi connectivity index (χ1v) is 5.26. The first-order chi connectivity index (χ1) is 7.16. The van der Waals surface area contributed by atoms with Gasteiger partial charge in [0.1, 0.15) is 11.5 Å². The van der Waals surface area contributed by atoms with Gasteiger partial charge in [0.2, 0.25) is 0 Å². The fourth-order valence-electron chi connectivity index (χ4n) is 1.10. The van der Waals surface area contributed by atoms with E-state index in [0.717, 1.165) is 10.2 Å². The van der Waals surface area contributed by atoms with Gasteiger partial charge in [-0.2, -0.15) is 5.10 Å². The summed E-state index contributed by atoms with van der Waals surface area (Å²) in [5, 5.41) is 6.82. The normalized spacial score (nSPS) is 12.7. The minimum absolute atomic E-state index is 0.151. The Morgan fingerprint density at radius 1 is 1.47 bits per heavy atom. The molecule has 2 heterocycles. The van der Waals surface area contributed by atoms with Crippen LogP contribution in [0.5, 0.6) is 0 Å². The standard InChI is InChI=1S/C9H10BrN5/c1-5(11)8-13-9(15-14-8)7-3-2-6(10)4-12-7/h2-5H,11H2,1H3,(H,13,14,15). The van der Waals surface area contributed by atoms with Gasteiger partial charge >= 0.3 is 0 Å². The molecule has 2 aromatic rings. The summed E-state index contributed by atoms with van der Waals surface area (Å²) in [6, 6.07) is 3.59.